The van der Waals surface area contributed by atoms with Crippen molar-refractivity contribution in [2.45, 2.75) is 51.0 Å². The molecule has 1 saturated carbocycles. The molecule has 4 rings (SSSR count). The third-order valence-electron chi connectivity index (χ3n) is 7.12. The highest BCUT2D eigenvalue weighted by Crippen LogP contribution is 2.37. The number of benzene rings is 1. The first-order valence-electron chi connectivity index (χ1n) is 13.3. The molecule has 39 heavy (non-hydrogen) atoms. The lowest BCUT2D eigenvalue weighted by Gasteiger charge is -2.34. The highest BCUT2D eigenvalue weighted by molar-refractivity contribution is 6.31. The zero-order valence-electron chi connectivity index (χ0n) is 22.7. The molecule has 0 spiro atoms. The van der Waals surface area contributed by atoms with E-state index in [9.17, 15) is 14.7 Å². The summed E-state index contributed by atoms with van der Waals surface area (Å²) in [5.41, 5.74) is 2.38. The molecule has 0 atom stereocenters. The number of hydrogen-bond donors (Lipinski definition) is 2. The van der Waals surface area contributed by atoms with Crippen molar-refractivity contribution in [2.24, 2.45) is 0 Å². The Morgan fingerprint density at radius 3 is 2.54 bits per heavy atom. The van der Waals surface area contributed by atoms with Gasteiger partial charge in [-0.25, -0.2) is 9.78 Å². The molecule has 1 amide bonds. The summed E-state index contributed by atoms with van der Waals surface area (Å²) in [6.45, 7) is 3.28. The van der Waals surface area contributed by atoms with Crippen LogP contribution < -0.4 is 10.1 Å². The molecule has 0 aliphatic heterocycles. The first-order chi connectivity index (χ1) is 18.7. The summed E-state index contributed by atoms with van der Waals surface area (Å²) in [5, 5.41) is 13.3. The van der Waals surface area contributed by atoms with Crippen molar-refractivity contribution in [1.82, 2.24) is 20.2 Å². The van der Waals surface area contributed by atoms with Gasteiger partial charge in [0.1, 0.15) is 10.6 Å². The maximum atomic E-state index is 13.8. The third-order valence-corrected chi connectivity index (χ3v) is 7.41. The maximum Gasteiger partial charge on any atom is 0.329 e. The van der Waals surface area contributed by atoms with Gasteiger partial charge in [-0.05, 0) is 69.6 Å². The van der Waals surface area contributed by atoms with Gasteiger partial charge in [0.05, 0.1) is 23.6 Å². The number of carboxylic acid groups (broad SMARTS) is 1. The number of carbonyl (C=O) groups is 2. The van der Waals surface area contributed by atoms with Crippen molar-refractivity contribution in [1.29, 1.82) is 0 Å². The number of halogens is 1. The number of rotatable bonds is 10. The predicted octanol–water partition coefficient (Wildman–Crippen LogP) is 5.62. The maximum absolute atomic E-state index is 13.8. The molecule has 2 N–H and O–H groups in total. The van der Waals surface area contributed by atoms with Crippen LogP contribution in [0.1, 0.15) is 54.4 Å². The average molecular weight is 551 g/mol. The van der Waals surface area contributed by atoms with Crippen LogP contribution in [0, 0.1) is 6.92 Å². The van der Waals surface area contributed by atoms with Crippen molar-refractivity contribution < 1.29 is 19.4 Å². The number of aromatic nitrogens is 2. The van der Waals surface area contributed by atoms with E-state index in [0.717, 1.165) is 43.4 Å². The lowest BCUT2D eigenvalue weighted by atomic mass is 9.81. The van der Waals surface area contributed by atoms with Gasteiger partial charge in [0.25, 0.3) is 5.91 Å². The molecule has 1 aromatic carbocycles. The minimum absolute atomic E-state index is 0.298. The SMILES string of the molecule is Cc1ccccc1-c1c(C(=O)NC2(C(=O)O)CCCCC2)ccnc1-c1ccc(Cl)c(OCCCN(C)C)n1. The van der Waals surface area contributed by atoms with E-state index < -0.39 is 17.4 Å². The monoisotopic (exact) mass is 550 g/mol. The highest BCUT2D eigenvalue weighted by atomic mass is 35.5. The number of carboxylic acids is 1. The van der Waals surface area contributed by atoms with Gasteiger partial charge in [0.2, 0.25) is 5.88 Å². The van der Waals surface area contributed by atoms with Gasteiger partial charge >= 0.3 is 5.97 Å². The Hall–Kier alpha value is -3.49. The molecule has 2 heterocycles. The van der Waals surface area contributed by atoms with Crippen molar-refractivity contribution in [2.75, 3.05) is 27.2 Å². The Kier molecular flexibility index (Phi) is 9.20. The molecule has 8 nitrogen and oxygen atoms in total. The number of aliphatic carboxylic acids is 1. The van der Waals surface area contributed by atoms with Crippen molar-refractivity contribution in [3.05, 3.63) is 64.8 Å². The smallest absolute Gasteiger partial charge is 0.329 e. The minimum atomic E-state index is -1.28. The molecule has 0 unspecified atom stereocenters. The molecular formula is C30H35ClN4O4. The van der Waals surface area contributed by atoms with E-state index in [4.69, 9.17) is 16.3 Å². The van der Waals surface area contributed by atoms with Crippen LogP contribution >= 0.6 is 11.6 Å². The molecule has 0 radical (unpaired) electrons. The Bertz CT molecular complexity index is 1340. The van der Waals surface area contributed by atoms with Gasteiger partial charge < -0.3 is 20.1 Å². The number of amides is 1. The largest absolute Gasteiger partial charge is 0.480 e. The summed E-state index contributed by atoms with van der Waals surface area (Å²) >= 11 is 6.40. The van der Waals surface area contributed by atoms with E-state index >= 15 is 0 Å². The summed E-state index contributed by atoms with van der Waals surface area (Å²) in [5.74, 6) is -1.15. The zero-order valence-corrected chi connectivity index (χ0v) is 23.4. The Morgan fingerprint density at radius 2 is 1.85 bits per heavy atom. The standard InChI is InChI=1S/C30H35ClN4O4/c1-20-10-5-6-11-21(20)25-22(27(36)34-30(29(37)38)15-7-4-8-16-30)14-17-32-26(25)24-13-12-23(31)28(33-24)39-19-9-18-35(2)3/h5-6,10-14,17H,4,7-9,15-16,18-19H2,1-3H3,(H,34,36)(H,37,38). The summed E-state index contributed by atoms with van der Waals surface area (Å²) in [6.07, 6.45) is 5.63. The predicted molar refractivity (Wildman–Crippen MR) is 152 cm³/mol. The van der Waals surface area contributed by atoms with Gasteiger partial charge in [-0.2, -0.15) is 0 Å². The van der Waals surface area contributed by atoms with E-state index in [0.29, 0.717) is 52.9 Å². The molecule has 2 aromatic heterocycles. The number of ether oxygens (including phenoxy) is 1. The van der Waals surface area contributed by atoms with Gasteiger partial charge in [0, 0.05) is 18.3 Å². The van der Waals surface area contributed by atoms with Crippen molar-refractivity contribution in [3.63, 3.8) is 0 Å². The number of aryl methyl sites for hydroxylation is 1. The summed E-state index contributed by atoms with van der Waals surface area (Å²) in [7, 11) is 4.00. The number of nitrogens with zero attached hydrogens (tertiary/aromatic N) is 3. The van der Waals surface area contributed by atoms with E-state index in [1.54, 1.807) is 24.4 Å². The van der Waals surface area contributed by atoms with Crippen LogP contribution in [0.5, 0.6) is 5.88 Å². The second-order valence-corrected chi connectivity index (χ2v) is 10.7. The van der Waals surface area contributed by atoms with Crippen LogP contribution in [0.3, 0.4) is 0 Å². The van der Waals surface area contributed by atoms with Gasteiger partial charge in [-0.3, -0.25) is 9.78 Å². The van der Waals surface area contributed by atoms with E-state index in [2.05, 4.69) is 20.2 Å². The van der Waals surface area contributed by atoms with Crippen LogP contribution in [0.2, 0.25) is 5.02 Å². The fourth-order valence-corrected chi connectivity index (χ4v) is 5.17. The minimum Gasteiger partial charge on any atom is -0.480 e. The first-order valence-corrected chi connectivity index (χ1v) is 13.6. The summed E-state index contributed by atoms with van der Waals surface area (Å²) in [4.78, 5) is 37.5. The van der Waals surface area contributed by atoms with E-state index in [1.807, 2.05) is 45.3 Å². The molecule has 206 valence electrons. The van der Waals surface area contributed by atoms with Crippen LogP contribution in [-0.4, -0.2) is 64.6 Å². The van der Waals surface area contributed by atoms with Crippen molar-refractivity contribution >= 4 is 23.5 Å². The van der Waals surface area contributed by atoms with Gasteiger partial charge in [0.15, 0.2) is 0 Å². The Balaban J connectivity index is 1.78. The summed E-state index contributed by atoms with van der Waals surface area (Å²) < 4.78 is 5.89. The fourth-order valence-electron chi connectivity index (χ4n) is 5.01. The number of hydrogen-bond acceptors (Lipinski definition) is 6. The lowest BCUT2D eigenvalue weighted by molar-refractivity contribution is -0.145. The number of nitrogens with one attached hydrogen (secondary N) is 1. The molecule has 0 saturated heterocycles. The Morgan fingerprint density at radius 1 is 1.10 bits per heavy atom. The van der Waals surface area contributed by atoms with E-state index in [1.165, 1.54) is 0 Å². The van der Waals surface area contributed by atoms with Crippen LogP contribution in [0.15, 0.2) is 48.7 Å². The van der Waals surface area contributed by atoms with Crippen LogP contribution in [0.25, 0.3) is 22.5 Å². The lowest BCUT2D eigenvalue weighted by Crippen LogP contribution is -2.55. The zero-order chi connectivity index (χ0) is 28.0. The quantitative estimate of drug-likeness (QED) is 0.316. The van der Waals surface area contributed by atoms with Crippen molar-refractivity contribution in [3.8, 4) is 28.4 Å². The van der Waals surface area contributed by atoms with Gasteiger partial charge in [-0.15, -0.1) is 0 Å². The molecule has 1 fully saturated rings. The number of pyridine rings is 2. The summed E-state index contributed by atoms with van der Waals surface area (Å²) in [6, 6.07) is 12.8. The molecule has 9 heteroatoms. The molecule has 1 aliphatic carbocycles. The molecular weight excluding hydrogens is 516 g/mol. The average Bonchev–Trinajstić information content (AvgIpc) is 2.92. The molecule has 1 aliphatic rings. The Labute approximate surface area is 234 Å². The number of carbonyl (C=O) groups excluding carboxylic acids is 1. The van der Waals surface area contributed by atoms with E-state index in [-0.39, 0.29) is 0 Å². The first kappa shape index (κ1) is 28.5. The topological polar surface area (TPSA) is 105 Å². The second-order valence-electron chi connectivity index (χ2n) is 10.3. The highest BCUT2D eigenvalue weighted by Gasteiger charge is 2.41. The van der Waals surface area contributed by atoms with Gasteiger partial charge in [-0.1, -0.05) is 55.1 Å². The third kappa shape index (κ3) is 6.57. The molecule has 0 bridgehead atoms. The normalized spacial score (nSPS) is 14.7. The van der Waals surface area contributed by atoms with Crippen LogP contribution in [0.4, 0.5) is 0 Å². The fraction of sp³-hybridized carbons (Fsp3) is 0.400. The molecule has 3 aromatic rings. The van der Waals surface area contributed by atoms with Crippen LogP contribution in [-0.2, 0) is 4.79 Å². The second kappa shape index (κ2) is 12.6.